The minimum atomic E-state index is -1.37. The van der Waals surface area contributed by atoms with Crippen LogP contribution in [0.2, 0.25) is 5.02 Å². The molecule has 2 aromatic carbocycles. The number of fused-ring (bicyclic) bond motifs is 1. The molecule has 2 aliphatic rings. The van der Waals surface area contributed by atoms with Gasteiger partial charge < -0.3 is 20.1 Å². The van der Waals surface area contributed by atoms with E-state index in [0.717, 1.165) is 50.5 Å². The summed E-state index contributed by atoms with van der Waals surface area (Å²) in [6.07, 6.45) is 0.882. The topological polar surface area (TPSA) is 48.0 Å². The number of benzene rings is 2. The van der Waals surface area contributed by atoms with Crippen LogP contribution in [0.25, 0.3) is 0 Å². The van der Waals surface area contributed by atoms with Crippen molar-refractivity contribution in [1.82, 2.24) is 9.80 Å². The molecule has 2 N–H and O–H groups in total. The van der Waals surface area contributed by atoms with Crippen LogP contribution in [-0.4, -0.2) is 59.4 Å². The molecule has 0 amide bonds. The molecule has 1 fully saturated rings. The van der Waals surface area contributed by atoms with E-state index in [9.17, 15) is 5.11 Å². The summed E-state index contributed by atoms with van der Waals surface area (Å²) < 4.78 is 5.42. The van der Waals surface area contributed by atoms with Crippen LogP contribution >= 0.6 is 23.8 Å². The van der Waals surface area contributed by atoms with Crippen molar-refractivity contribution in [1.29, 1.82) is 0 Å². The van der Waals surface area contributed by atoms with Crippen molar-refractivity contribution in [3.8, 4) is 0 Å². The number of ether oxygens (including phenoxy) is 1. The quantitative estimate of drug-likeness (QED) is 0.728. The Morgan fingerprint density at radius 2 is 1.86 bits per heavy atom. The average molecular weight is 418 g/mol. The van der Waals surface area contributed by atoms with Crippen LogP contribution in [0, 0.1) is 0 Å². The third-order valence-corrected chi connectivity index (χ3v) is 5.93. The smallest absolute Gasteiger partial charge is 0.195 e. The van der Waals surface area contributed by atoms with Gasteiger partial charge in [0.25, 0.3) is 0 Å². The van der Waals surface area contributed by atoms with E-state index in [1.165, 1.54) is 0 Å². The molecule has 2 heterocycles. The van der Waals surface area contributed by atoms with E-state index >= 15 is 0 Å². The zero-order chi connectivity index (χ0) is 19.6. The summed E-state index contributed by atoms with van der Waals surface area (Å²) in [6.45, 7) is 5.03. The normalized spacial score (nSPS) is 22.6. The van der Waals surface area contributed by atoms with Gasteiger partial charge in [-0.15, -0.1) is 0 Å². The summed E-state index contributed by atoms with van der Waals surface area (Å²) in [5.41, 5.74) is 0.902. The van der Waals surface area contributed by atoms with Crippen molar-refractivity contribution in [2.45, 2.75) is 12.1 Å². The van der Waals surface area contributed by atoms with Gasteiger partial charge in [0, 0.05) is 48.0 Å². The summed E-state index contributed by atoms with van der Waals surface area (Å²) in [4.78, 5) is 4.26. The molecule has 1 atom stereocenters. The number of morpholine rings is 1. The van der Waals surface area contributed by atoms with Crippen LogP contribution in [0.1, 0.15) is 17.5 Å². The number of thiocarbonyl (C=S) groups is 1. The summed E-state index contributed by atoms with van der Waals surface area (Å²) in [6, 6.07) is 15.1. The highest BCUT2D eigenvalue weighted by Gasteiger charge is 2.44. The maximum atomic E-state index is 12.0. The van der Waals surface area contributed by atoms with E-state index in [-0.39, 0.29) is 0 Å². The van der Waals surface area contributed by atoms with Crippen LogP contribution in [0.3, 0.4) is 0 Å². The predicted molar refractivity (Wildman–Crippen MR) is 116 cm³/mol. The molecular weight excluding hydrogens is 394 g/mol. The minimum absolute atomic E-state index is 0.517. The Hall–Kier alpha value is -1.70. The Bertz CT molecular complexity index is 845. The first-order valence-corrected chi connectivity index (χ1v) is 10.3. The molecule has 148 valence electrons. The number of rotatable bonds is 5. The van der Waals surface area contributed by atoms with Crippen LogP contribution < -0.4 is 5.32 Å². The van der Waals surface area contributed by atoms with E-state index in [1.54, 1.807) is 6.07 Å². The highest BCUT2D eigenvalue weighted by Crippen LogP contribution is 2.42. The van der Waals surface area contributed by atoms with Gasteiger partial charge in [-0.3, -0.25) is 4.90 Å². The molecule has 5 nitrogen and oxygen atoms in total. The van der Waals surface area contributed by atoms with Gasteiger partial charge in [0.2, 0.25) is 0 Å². The van der Waals surface area contributed by atoms with Crippen molar-refractivity contribution in [2.24, 2.45) is 0 Å². The number of aliphatic hydroxyl groups is 1. The monoisotopic (exact) mass is 417 g/mol. The Kier molecular flexibility index (Phi) is 5.85. The van der Waals surface area contributed by atoms with Crippen LogP contribution in [0.15, 0.2) is 48.5 Å². The van der Waals surface area contributed by atoms with Gasteiger partial charge in [-0.1, -0.05) is 41.9 Å². The first-order chi connectivity index (χ1) is 13.6. The molecule has 0 saturated carbocycles. The second-order valence-electron chi connectivity index (χ2n) is 7.12. The second-order valence-corrected chi connectivity index (χ2v) is 7.94. The Morgan fingerprint density at radius 3 is 2.61 bits per heavy atom. The minimum Gasteiger partial charge on any atom is -0.379 e. The lowest BCUT2D eigenvalue weighted by Crippen LogP contribution is -2.56. The van der Waals surface area contributed by atoms with Crippen molar-refractivity contribution >= 4 is 34.6 Å². The molecule has 7 heteroatoms. The first kappa shape index (κ1) is 19.6. The van der Waals surface area contributed by atoms with Gasteiger partial charge in [-0.25, -0.2) is 0 Å². The van der Waals surface area contributed by atoms with E-state index in [2.05, 4.69) is 10.2 Å². The molecule has 1 saturated heterocycles. The van der Waals surface area contributed by atoms with E-state index < -0.39 is 5.72 Å². The SMILES string of the molecule is OC1(c2ccccc2)c2cc(Cl)ccc2NC(=S)N1CCCN1CCOCC1. The fourth-order valence-electron chi connectivity index (χ4n) is 3.91. The fourth-order valence-corrected chi connectivity index (χ4v) is 4.42. The lowest BCUT2D eigenvalue weighted by molar-refractivity contribution is -0.0408. The van der Waals surface area contributed by atoms with Crippen LogP contribution in [0.5, 0.6) is 0 Å². The summed E-state index contributed by atoms with van der Waals surface area (Å²) >= 11 is 11.9. The van der Waals surface area contributed by atoms with Crippen molar-refractivity contribution in [3.63, 3.8) is 0 Å². The third-order valence-electron chi connectivity index (χ3n) is 5.37. The first-order valence-electron chi connectivity index (χ1n) is 9.55. The number of anilines is 1. The highest BCUT2D eigenvalue weighted by molar-refractivity contribution is 7.80. The van der Waals surface area contributed by atoms with E-state index in [1.807, 2.05) is 47.4 Å². The number of hydrogen-bond acceptors (Lipinski definition) is 4. The lowest BCUT2D eigenvalue weighted by atomic mass is 9.89. The number of hydrogen-bond donors (Lipinski definition) is 2. The van der Waals surface area contributed by atoms with Gasteiger partial charge in [-0.2, -0.15) is 0 Å². The Morgan fingerprint density at radius 1 is 1.11 bits per heavy atom. The summed E-state index contributed by atoms with van der Waals surface area (Å²) in [5.74, 6) is 0. The van der Waals surface area contributed by atoms with Crippen LogP contribution in [0.4, 0.5) is 5.69 Å². The van der Waals surface area contributed by atoms with Crippen molar-refractivity contribution in [3.05, 3.63) is 64.7 Å². The number of halogens is 1. The predicted octanol–water partition coefficient (Wildman–Crippen LogP) is 3.27. The molecular formula is C21H24ClN3O2S. The average Bonchev–Trinajstić information content (AvgIpc) is 2.72. The zero-order valence-corrected chi connectivity index (χ0v) is 17.2. The largest absolute Gasteiger partial charge is 0.379 e. The molecule has 0 spiro atoms. The second kappa shape index (κ2) is 8.35. The lowest BCUT2D eigenvalue weighted by Gasteiger charge is -2.46. The maximum absolute atomic E-state index is 12.0. The molecule has 0 radical (unpaired) electrons. The molecule has 2 aromatic rings. The van der Waals surface area contributed by atoms with Gasteiger partial charge in [0.15, 0.2) is 10.8 Å². The fraction of sp³-hybridized carbons (Fsp3) is 0.381. The maximum Gasteiger partial charge on any atom is 0.195 e. The van der Waals surface area contributed by atoms with E-state index in [0.29, 0.717) is 22.2 Å². The van der Waals surface area contributed by atoms with Crippen molar-refractivity contribution < 1.29 is 9.84 Å². The van der Waals surface area contributed by atoms with Gasteiger partial charge in [0.05, 0.1) is 13.2 Å². The third kappa shape index (κ3) is 3.75. The standard InChI is InChI=1S/C21H24ClN3O2S/c22-17-7-8-19-18(15-17)21(26,16-5-2-1-3-6-16)25(20(28)23-19)10-4-9-24-11-13-27-14-12-24/h1-3,5-8,15,26H,4,9-14H2,(H,23,28). The Balaban J connectivity index is 1.64. The molecule has 2 aliphatic heterocycles. The number of nitrogens with one attached hydrogen (secondary N) is 1. The number of nitrogens with zero attached hydrogens (tertiary/aromatic N) is 2. The molecule has 0 aliphatic carbocycles. The highest BCUT2D eigenvalue weighted by atomic mass is 35.5. The summed E-state index contributed by atoms with van der Waals surface area (Å²) in [5, 5.41) is 16.3. The molecule has 1 unspecified atom stereocenters. The Labute approximate surface area is 175 Å². The van der Waals surface area contributed by atoms with Crippen molar-refractivity contribution in [2.75, 3.05) is 44.7 Å². The van der Waals surface area contributed by atoms with Crippen LogP contribution in [-0.2, 0) is 10.5 Å². The molecule has 0 bridgehead atoms. The molecule has 0 aromatic heterocycles. The molecule has 4 rings (SSSR count). The zero-order valence-electron chi connectivity index (χ0n) is 15.6. The van der Waals surface area contributed by atoms with Gasteiger partial charge in [0.1, 0.15) is 0 Å². The molecule has 28 heavy (non-hydrogen) atoms. The van der Waals surface area contributed by atoms with E-state index in [4.69, 9.17) is 28.6 Å². The summed E-state index contributed by atoms with van der Waals surface area (Å²) in [7, 11) is 0. The van der Waals surface area contributed by atoms with Gasteiger partial charge >= 0.3 is 0 Å². The van der Waals surface area contributed by atoms with Gasteiger partial charge in [-0.05, 0) is 36.8 Å².